The zero-order chi connectivity index (χ0) is 16.3. The van der Waals surface area contributed by atoms with E-state index in [4.69, 9.17) is 4.42 Å². The summed E-state index contributed by atoms with van der Waals surface area (Å²) < 4.78 is 5.68. The molecule has 0 atom stereocenters. The van der Waals surface area contributed by atoms with Crippen molar-refractivity contribution < 1.29 is 9.21 Å². The van der Waals surface area contributed by atoms with Gasteiger partial charge in [0.25, 0.3) is 0 Å². The lowest BCUT2D eigenvalue weighted by molar-refractivity contribution is -0.119. The Balaban J connectivity index is 1.80. The first kappa shape index (κ1) is 15.5. The SMILES string of the molecule is CC1(C)CCCC(=O)CCN=C(Nc2nc3ccccc3o2)N1. The normalized spacial score (nSPS) is 19.0. The first-order chi connectivity index (χ1) is 11.0. The maximum Gasteiger partial charge on any atom is 0.302 e. The van der Waals surface area contributed by atoms with Gasteiger partial charge in [0.05, 0.1) is 0 Å². The average molecular weight is 314 g/mol. The standard InChI is InChI=1S/C17H22N4O2/c1-17(2)10-5-6-12(22)9-11-18-15(21-17)20-16-19-13-7-3-4-8-14(13)23-16/h3-4,7-8H,5-6,9-11H2,1-2H3,(H2,18,19,20,21). The van der Waals surface area contributed by atoms with Crippen LogP contribution >= 0.6 is 0 Å². The number of para-hydroxylation sites is 2. The van der Waals surface area contributed by atoms with Crippen LogP contribution in [0.25, 0.3) is 11.1 Å². The molecule has 0 unspecified atom stereocenters. The predicted molar refractivity (Wildman–Crippen MR) is 90.6 cm³/mol. The molecule has 2 aromatic rings. The molecule has 0 bridgehead atoms. The number of ketones is 1. The van der Waals surface area contributed by atoms with E-state index in [1.807, 2.05) is 24.3 Å². The summed E-state index contributed by atoms with van der Waals surface area (Å²) in [6.07, 6.45) is 2.89. The van der Waals surface area contributed by atoms with Crippen molar-refractivity contribution in [3.63, 3.8) is 0 Å². The van der Waals surface area contributed by atoms with Crippen LogP contribution in [-0.4, -0.2) is 28.8 Å². The van der Waals surface area contributed by atoms with Crippen LogP contribution in [0.15, 0.2) is 33.7 Å². The van der Waals surface area contributed by atoms with Crippen LogP contribution in [0, 0.1) is 0 Å². The molecule has 3 rings (SSSR count). The molecule has 2 N–H and O–H groups in total. The van der Waals surface area contributed by atoms with Crippen molar-refractivity contribution in [2.75, 3.05) is 11.9 Å². The highest BCUT2D eigenvalue weighted by Crippen LogP contribution is 2.19. The van der Waals surface area contributed by atoms with E-state index >= 15 is 0 Å². The minimum absolute atomic E-state index is 0.157. The van der Waals surface area contributed by atoms with Gasteiger partial charge in [0.1, 0.15) is 11.3 Å². The number of nitrogens with zero attached hydrogens (tertiary/aromatic N) is 2. The second kappa shape index (κ2) is 6.40. The summed E-state index contributed by atoms with van der Waals surface area (Å²) in [6.45, 7) is 4.66. The van der Waals surface area contributed by atoms with E-state index in [2.05, 4.69) is 34.5 Å². The topological polar surface area (TPSA) is 79.5 Å². The van der Waals surface area contributed by atoms with Gasteiger partial charge in [-0.15, -0.1) is 0 Å². The lowest BCUT2D eigenvalue weighted by atomic mass is 9.96. The van der Waals surface area contributed by atoms with Gasteiger partial charge in [-0.05, 0) is 38.8 Å². The number of benzene rings is 1. The summed E-state index contributed by atoms with van der Waals surface area (Å²) >= 11 is 0. The maximum atomic E-state index is 11.8. The molecule has 0 saturated heterocycles. The van der Waals surface area contributed by atoms with Crippen molar-refractivity contribution in [2.24, 2.45) is 4.99 Å². The highest BCUT2D eigenvalue weighted by Gasteiger charge is 2.21. The fourth-order valence-electron chi connectivity index (χ4n) is 2.67. The van der Waals surface area contributed by atoms with E-state index in [-0.39, 0.29) is 11.3 Å². The predicted octanol–water partition coefficient (Wildman–Crippen LogP) is 3.11. The van der Waals surface area contributed by atoms with Gasteiger partial charge < -0.3 is 9.73 Å². The summed E-state index contributed by atoms with van der Waals surface area (Å²) in [6, 6.07) is 8.00. The number of guanidine groups is 1. The van der Waals surface area contributed by atoms with Gasteiger partial charge in [-0.2, -0.15) is 4.98 Å². The molecule has 0 spiro atoms. The summed E-state index contributed by atoms with van der Waals surface area (Å²) in [5.74, 6) is 0.865. The van der Waals surface area contributed by atoms with Gasteiger partial charge in [-0.3, -0.25) is 15.1 Å². The number of fused-ring (bicyclic) bond motifs is 1. The molecule has 2 heterocycles. The van der Waals surface area contributed by atoms with Crippen molar-refractivity contribution in [1.82, 2.24) is 10.3 Å². The van der Waals surface area contributed by atoms with Gasteiger partial charge in [-0.1, -0.05) is 12.1 Å². The van der Waals surface area contributed by atoms with Gasteiger partial charge in [0.15, 0.2) is 11.5 Å². The molecule has 1 aliphatic rings. The molecule has 0 amide bonds. The molecule has 0 aliphatic carbocycles. The Hall–Kier alpha value is -2.37. The summed E-state index contributed by atoms with van der Waals surface area (Å²) in [7, 11) is 0. The number of hydrogen-bond donors (Lipinski definition) is 2. The molecule has 0 fully saturated rings. The second-order valence-corrected chi connectivity index (χ2v) is 6.49. The van der Waals surface area contributed by atoms with Gasteiger partial charge in [0, 0.05) is 24.9 Å². The molecule has 23 heavy (non-hydrogen) atoms. The molecule has 1 aromatic heterocycles. The molecule has 0 saturated carbocycles. The molecular formula is C17H22N4O2. The zero-order valence-corrected chi connectivity index (χ0v) is 13.6. The third kappa shape index (κ3) is 4.09. The van der Waals surface area contributed by atoms with E-state index in [1.54, 1.807) is 0 Å². The molecule has 1 aromatic carbocycles. The summed E-state index contributed by atoms with van der Waals surface area (Å²) in [5.41, 5.74) is 1.37. The lowest BCUT2D eigenvalue weighted by Gasteiger charge is -2.28. The maximum absolute atomic E-state index is 11.8. The quantitative estimate of drug-likeness (QED) is 0.845. The average Bonchev–Trinajstić information content (AvgIpc) is 2.88. The van der Waals surface area contributed by atoms with E-state index in [0.717, 1.165) is 23.9 Å². The molecule has 6 heteroatoms. The third-order valence-corrected chi connectivity index (χ3v) is 3.89. The second-order valence-electron chi connectivity index (χ2n) is 6.49. The first-order valence-corrected chi connectivity index (χ1v) is 7.99. The minimum atomic E-state index is -0.157. The van der Waals surface area contributed by atoms with Crippen molar-refractivity contribution in [2.45, 2.75) is 45.1 Å². The van der Waals surface area contributed by atoms with Crippen molar-refractivity contribution in [1.29, 1.82) is 0 Å². The monoisotopic (exact) mass is 314 g/mol. The number of nitrogens with one attached hydrogen (secondary N) is 2. The van der Waals surface area contributed by atoms with Crippen LogP contribution in [0.1, 0.15) is 39.5 Å². The molecule has 0 radical (unpaired) electrons. The third-order valence-electron chi connectivity index (χ3n) is 3.89. The summed E-state index contributed by atoms with van der Waals surface area (Å²) in [4.78, 5) is 20.6. The van der Waals surface area contributed by atoms with Crippen LogP contribution in [0.4, 0.5) is 6.01 Å². The Morgan fingerprint density at radius 3 is 2.91 bits per heavy atom. The van der Waals surface area contributed by atoms with Gasteiger partial charge >= 0.3 is 6.01 Å². The molecule has 6 nitrogen and oxygen atoms in total. The van der Waals surface area contributed by atoms with Gasteiger partial charge in [0.2, 0.25) is 0 Å². The number of aromatic nitrogens is 1. The van der Waals surface area contributed by atoms with Crippen molar-refractivity contribution in [3.05, 3.63) is 24.3 Å². The van der Waals surface area contributed by atoms with Crippen LogP contribution in [0.3, 0.4) is 0 Å². The van der Waals surface area contributed by atoms with Crippen LogP contribution in [-0.2, 0) is 4.79 Å². The Labute approximate surface area is 135 Å². The van der Waals surface area contributed by atoms with Crippen molar-refractivity contribution >= 4 is 28.9 Å². The van der Waals surface area contributed by atoms with E-state index in [0.29, 0.717) is 31.4 Å². The number of hydrogen-bond acceptors (Lipinski definition) is 6. The zero-order valence-electron chi connectivity index (χ0n) is 13.6. The largest absolute Gasteiger partial charge is 0.423 e. The fraction of sp³-hybridized carbons (Fsp3) is 0.471. The molecule has 1 aliphatic heterocycles. The Kier molecular flexibility index (Phi) is 4.32. The number of anilines is 1. The van der Waals surface area contributed by atoms with Crippen LogP contribution < -0.4 is 10.6 Å². The number of carbonyl (C=O) groups is 1. The smallest absolute Gasteiger partial charge is 0.302 e. The van der Waals surface area contributed by atoms with Crippen LogP contribution in [0.2, 0.25) is 0 Å². The van der Waals surface area contributed by atoms with Crippen molar-refractivity contribution in [3.8, 4) is 0 Å². The Morgan fingerprint density at radius 2 is 2.09 bits per heavy atom. The highest BCUT2D eigenvalue weighted by atomic mass is 16.4. The first-order valence-electron chi connectivity index (χ1n) is 7.99. The highest BCUT2D eigenvalue weighted by molar-refractivity contribution is 5.93. The fourth-order valence-corrected chi connectivity index (χ4v) is 2.67. The van der Waals surface area contributed by atoms with E-state index in [1.165, 1.54) is 0 Å². The Morgan fingerprint density at radius 1 is 1.26 bits per heavy atom. The number of Topliss-reactive ketones (excluding diaryl/α,β-unsaturated/α-hetero) is 1. The lowest BCUT2D eigenvalue weighted by Crippen LogP contribution is -2.47. The number of carbonyl (C=O) groups excluding carboxylic acids is 1. The van der Waals surface area contributed by atoms with Gasteiger partial charge in [-0.25, -0.2) is 0 Å². The number of rotatable bonds is 1. The van der Waals surface area contributed by atoms with Crippen LogP contribution in [0.5, 0.6) is 0 Å². The Bertz CT molecular complexity index is 700. The molecular weight excluding hydrogens is 292 g/mol. The summed E-state index contributed by atoms with van der Waals surface area (Å²) in [5, 5.41) is 6.50. The molecule has 122 valence electrons. The number of oxazole rings is 1. The van der Waals surface area contributed by atoms with E-state index in [9.17, 15) is 4.79 Å². The number of aliphatic imine (C=N–C) groups is 1. The minimum Gasteiger partial charge on any atom is -0.423 e. The van der Waals surface area contributed by atoms with E-state index < -0.39 is 0 Å².